The number of hydrazone groups is 1. The highest BCUT2D eigenvalue weighted by Crippen LogP contribution is 2.20. The first-order valence-corrected chi connectivity index (χ1v) is 5.25. The summed E-state index contributed by atoms with van der Waals surface area (Å²) in [4.78, 5) is 0. The minimum absolute atomic E-state index is 0.130. The maximum atomic E-state index is 5.22. The molecule has 0 aliphatic carbocycles. The van der Waals surface area contributed by atoms with Gasteiger partial charge in [-0.3, -0.25) is 5.43 Å². The molecule has 0 spiro atoms. The smallest absolute Gasteiger partial charge is 0.184 e. The van der Waals surface area contributed by atoms with Gasteiger partial charge >= 0.3 is 0 Å². The Hall–Kier alpha value is -1.14. The monoisotopic (exact) mass is 287 g/mol. The molecule has 3 N–H and O–H groups in total. The van der Waals surface area contributed by atoms with E-state index < -0.39 is 0 Å². The van der Waals surface area contributed by atoms with E-state index in [9.17, 15) is 0 Å². The SMILES string of the molecule is COc1ccc(Br)c(/C=N/NC(N)=S)c1. The zero-order chi connectivity index (χ0) is 11.3. The second-order valence-corrected chi connectivity index (χ2v) is 3.92. The Kier molecular flexibility index (Phi) is 4.51. The molecule has 0 atom stereocenters. The molecule has 0 aliphatic heterocycles. The van der Waals surface area contributed by atoms with E-state index in [-0.39, 0.29) is 5.11 Å². The molecule has 0 radical (unpaired) electrons. The summed E-state index contributed by atoms with van der Waals surface area (Å²) in [5.41, 5.74) is 8.57. The number of rotatable bonds is 3. The highest BCUT2D eigenvalue weighted by atomic mass is 79.9. The molecule has 1 rings (SSSR count). The summed E-state index contributed by atoms with van der Waals surface area (Å²) in [5.74, 6) is 0.759. The van der Waals surface area contributed by atoms with E-state index in [0.29, 0.717) is 0 Å². The molecule has 0 heterocycles. The van der Waals surface area contributed by atoms with Gasteiger partial charge in [-0.05, 0) is 30.4 Å². The number of methoxy groups -OCH3 is 1. The molecule has 0 aliphatic rings. The third kappa shape index (κ3) is 3.85. The number of hydrogen-bond acceptors (Lipinski definition) is 3. The Morgan fingerprint density at radius 1 is 1.67 bits per heavy atom. The van der Waals surface area contributed by atoms with E-state index in [0.717, 1.165) is 15.8 Å². The number of nitrogens with zero attached hydrogens (tertiary/aromatic N) is 1. The summed E-state index contributed by atoms with van der Waals surface area (Å²) in [6, 6.07) is 5.57. The lowest BCUT2D eigenvalue weighted by atomic mass is 10.2. The van der Waals surface area contributed by atoms with E-state index in [1.165, 1.54) is 0 Å². The van der Waals surface area contributed by atoms with Crippen LogP contribution in [0.15, 0.2) is 27.8 Å². The largest absolute Gasteiger partial charge is 0.497 e. The number of nitrogens with one attached hydrogen (secondary N) is 1. The van der Waals surface area contributed by atoms with Crippen LogP contribution in [0.2, 0.25) is 0 Å². The summed E-state index contributed by atoms with van der Waals surface area (Å²) in [5, 5.41) is 3.98. The second-order valence-electron chi connectivity index (χ2n) is 2.62. The maximum absolute atomic E-state index is 5.22. The molecular formula is C9H10BrN3OS. The highest BCUT2D eigenvalue weighted by Gasteiger charge is 1.98. The average molecular weight is 288 g/mol. The molecule has 0 fully saturated rings. The molecule has 1 aromatic rings. The van der Waals surface area contributed by atoms with Crippen molar-refractivity contribution >= 4 is 39.5 Å². The molecule has 0 amide bonds. The van der Waals surface area contributed by atoms with Crippen molar-refractivity contribution in [2.45, 2.75) is 0 Å². The van der Waals surface area contributed by atoms with E-state index in [4.69, 9.17) is 10.5 Å². The molecule has 15 heavy (non-hydrogen) atoms. The van der Waals surface area contributed by atoms with Gasteiger partial charge in [-0.15, -0.1) is 0 Å². The Morgan fingerprint density at radius 2 is 2.40 bits per heavy atom. The molecule has 80 valence electrons. The first-order chi connectivity index (χ1) is 7.13. The molecule has 0 saturated carbocycles. The molecule has 0 aromatic heterocycles. The van der Waals surface area contributed by atoms with Crippen molar-refractivity contribution in [2.75, 3.05) is 7.11 Å². The van der Waals surface area contributed by atoms with Crippen molar-refractivity contribution in [2.24, 2.45) is 10.8 Å². The third-order valence-electron chi connectivity index (χ3n) is 1.58. The Balaban J connectivity index is 2.83. The van der Waals surface area contributed by atoms with Gasteiger partial charge in [-0.2, -0.15) is 5.10 Å². The van der Waals surface area contributed by atoms with Gasteiger partial charge in [0.15, 0.2) is 5.11 Å². The van der Waals surface area contributed by atoms with E-state index in [1.54, 1.807) is 13.3 Å². The lowest BCUT2D eigenvalue weighted by Crippen LogP contribution is -2.24. The van der Waals surface area contributed by atoms with Gasteiger partial charge < -0.3 is 10.5 Å². The standard InChI is InChI=1S/C9H10BrN3OS/c1-14-7-2-3-8(10)6(4-7)5-12-13-9(11)15/h2-5H,1H3,(H3,11,13,15)/b12-5+. The zero-order valence-electron chi connectivity index (χ0n) is 8.03. The number of ether oxygens (including phenoxy) is 1. The quantitative estimate of drug-likeness (QED) is 0.504. The van der Waals surface area contributed by atoms with Crippen molar-refractivity contribution in [1.29, 1.82) is 0 Å². The number of halogens is 1. The van der Waals surface area contributed by atoms with Gasteiger partial charge in [0, 0.05) is 10.0 Å². The lowest BCUT2D eigenvalue weighted by Gasteiger charge is -2.02. The van der Waals surface area contributed by atoms with Crippen LogP contribution >= 0.6 is 28.1 Å². The van der Waals surface area contributed by atoms with E-state index in [1.807, 2.05) is 18.2 Å². The summed E-state index contributed by atoms with van der Waals surface area (Å²) >= 11 is 8.00. The topological polar surface area (TPSA) is 59.6 Å². The molecule has 6 heteroatoms. The predicted octanol–water partition coefficient (Wildman–Crippen LogP) is 1.62. The molecular weight excluding hydrogens is 278 g/mol. The van der Waals surface area contributed by atoms with Crippen molar-refractivity contribution in [1.82, 2.24) is 5.43 Å². The van der Waals surface area contributed by atoms with Crippen molar-refractivity contribution in [3.63, 3.8) is 0 Å². The van der Waals surface area contributed by atoms with Crippen LogP contribution in [0, 0.1) is 0 Å². The number of hydrogen-bond donors (Lipinski definition) is 2. The minimum atomic E-state index is 0.130. The normalized spacial score (nSPS) is 10.3. The van der Waals surface area contributed by atoms with Crippen molar-refractivity contribution < 1.29 is 4.74 Å². The number of benzene rings is 1. The summed E-state index contributed by atoms with van der Waals surface area (Å²) < 4.78 is 6.00. The number of nitrogens with two attached hydrogens (primary N) is 1. The molecule has 0 unspecified atom stereocenters. The van der Waals surface area contributed by atoms with Crippen LogP contribution in [-0.2, 0) is 0 Å². The first-order valence-electron chi connectivity index (χ1n) is 4.05. The summed E-state index contributed by atoms with van der Waals surface area (Å²) in [7, 11) is 1.61. The van der Waals surface area contributed by atoms with Crippen LogP contribution in [0.1, 0.15) is 5.56 Å². The fourth-order valence-corrected chi connectivity index (χ4v) is 1.31. The lowest BCUT2D eigenvalue weighted by molar-refractivity contribution is 0.414. The Morgan fingerprint density at radius 3 is 3.00 bits per heavy atom. The van der Waals surface area contributed by atoms with Gasteiger partial charge in [-0.1, -0.05) is 15.9 Å². The maximum Gasteiger partial charge on any atom is 0.184 e. The Bertz CT molecular complexity index is 395. The first kappa shape index (κ1) is 11.9. The van der Waals surface area contributed by atoms with Gasteiger partial charge in [0.1, 0.15) is 5.75 Å². The summed E-state index contributed by atoms with van der Waals surface area (Å²) in [6.45, 7) is 0. The van der Waals surface area contributed by atoms with Crippen LogP contribution < -0.4 is 15.9 Å². The van der Waals surface area contributed by atoms with Crippen LogP contribution in [0.5, 0.6) is 5.75 Å². The minimum Gasteiger partial charge on any atom is -0.497 e. The van der Waals surface area contributed by atoms with Crippen LogP contribution in [0.4, 0.5) is 0 Å². The molecule has 1 aromatic carbocycles. The Labute approximate surface area is 102 Å². The predicted molar refractivity (Wildman–Crippen MR) is 68.2 cm³/mol. The van der Waals surface area contributed by atoms with Crippen LogP contribution in [-0.4, -0.2) is 18.4 Å². The van der Waals surface area contributed by atoms with Gasteiger partial charge in [-0.25, -0.2) is 0 Å². The molecule has 0 saturated heterocycles. The van der Waals surface area contributed by atoms with E-state index in [2.05, 4.69) is 38.7 Å². The van der Waals surface area contributed by atoms with Gasteiger partial charge in [0.2, 0.25) is 0 Å². The van der Waals surface area contributed by atoms with Crippen molar-refractivity contribution in [3.05, 3.63) is 28.2 Å². The van der Waals surface area contributed by atoms with Gasteiger partial charge in [0.25, 0.3) is 0 Å². The zero-order valence-corrected chi connectivity index (χ0v) is 10.4. The van der Waals surface area contributed by atoms with Crippen LogP contribution in [0.25, 0.3) is 0 Å². The second kappa shape index (κ2) is 5.67. The van der Waals surface area contributed by atoms with Crippen LogP contribution in [0.3, 0.4) is 0 Å². The number of thiocarbonyl (C=S) groups is 1. The fourth-order valence-electron chi connectivity index (χ4n) is 0.913. The molecule has 0 bridgehead atoms. The summed E-state index contributed by atoms with van der Waals surface area (Å²) in [6.07, 6.45) is 1.60. The van der Waals surface area contributed by atoms with E-state index >= 15 is 0 Å². The average Bonchev–Trinajstić information content (AvgIpc) is 2.20. The third-order valence-corrected chi connectivity index (χ3v) is 2.40. The fraction of sp³-hybridized carbons (Fsp3) is 0.111. The van der Waals surface area contributed by atoms with Gasteiger partial charge in [0.05, 0.1) is 13.3 Å². The molecule has 4 nitrogen and oxygen atoms in total. The van der Waals surface area contributed by atoms with Crippen molar-refractivity contribution in [3.8, 4) is 5.75 Å². The highest BCUT2D eigenvalue weighted by molar-refractivity contribution is 9.10.